The van der Waals surface area contributed by atoms with Crippen LogP contribution in [0.1, 0.15) is 17.3 Å². The minimum atomic E-state index is -0.935. The molecule has 66 valence electrons. The van der Waals surface area contributed by atoms with Gasteiger partial charge in [0, 0.05) is 0 Å². The minimum Gasteiger partial charge on any atom is -0.542 e. The van der Waals surface area contributed by atoms with E-state index in [0.29, 0.717) is 0 Å². The maximum atomic E-state index is 10.2. The molecule has 0 bridgehead atoms. The number of carboxylic acids is 1. The molecule has 0 spiro atoms. The molecule has 0 heterocycles. The molecule has 4 heteroatoms. The fourth-order valence-electron chi connectivity index (χ4n) is 0.526. The maximum absolute atomic E-state index is 10.2. The van der Waals surface area contributed by atoms with Crippen LogP contribution in [0.15, 0.2) is 24.3 Å². The first-order valence-electron chi connectivity index (χ1n) is 3.21. The smallest absolute Gasteiger partial charge is 0.542 e. The first-order chi connectivity index (χ1) is 5.72. The van der Waals surface area contributed by atoms with Crippen LogP contribution >= 0.6 is 0 Å². The second-order valence-corrected chi connectivity index (χ2v) is 1.79. The fraction of sp³-hybridized carbons (Fsp3) is 0.111. The number of aromatic carboxylic acids is 1. The van der Waals surface area contributed by atoms with Gasteiger partial charge in [-0.2, -0.15) is 6.92 Å². The van der Waals surface area contributed by atoms with E-state index in [9.17, 15) is 4.79 Å². The van der Waals surface area contributed by atoms with Gasteiger partial charge in [0.15, 0.2) is 0 Å². The summed E-state index contributed by atoms with van der Waals surface area (Å²) in [5.41, 5.74) is 0.206. The Morgan fingerprint density at radius 1 is 1.54 bits per heavy atom. The molecule has 0 amide bonds. The third-order valence-electron chi connectivity index (χ3n) is 0.939. The Morgan fingerprint density at radius 2 is 2.08 bits per heavy atom. The topological polar surface area (TPSA) is 54.4 Å². The van der Waals surface area contributed by atoms with Gasteiger partial charge in [-0.25, -0.2) is 0 Å². The number of carbonyl (C=O) groups excluding carboxylic acids is 1. The summed E-state index contributed by atoms with van der Waals surface area (Å²) in [5, 5.41) is 8.35. The Balaban J connectivity index is 0. The number of rotatable bonds is 1. The third-order valence-corrected chi connectivity index (χ3v) is 0.939. The molecule has 3 nitrogen and oxygen atoms in total. The van der Waals surface area contributed by atoms with E-state index in [4.69, 9.17) is 9.90 Å². The monoisotopic (exact) mass is 402 g/mol. The number of hydrogen-bond acceptors (Lipinski definition) is 2. The van der Waals surface area contributed by atoms with Gasteiger partial charge < -0.3 is 14.7 Å². The van der Waals surface area contributed by atoms with Crippen LogP contribution in [0, 0.1) is 37.2 Å². The zero-order valence-corrected chi connectivity index (χ0v) is 11.2. The van der Waals surface area contributed by atoms with Crippen molar-refractivity contribution in [2.24, 2.45) is 0 Å². The van der Waals surface area contributed by atoms with Crippen molar-refractivity contribution in [3.05, 3.63) is 35.9 Å². The Labute approximate surface area is 101 Å². The second kappa shape index (κ2) is 9.50. The first kappa shape index (κ1) is 14.9. The average Bonchev–Trinajstić information content (AvgIpc) is 2.07. The van der Waals surface area contributed by atoms with E-state index in [2.05, 4.69) is 6.07 Å². The molecule has 0 saturated heterocycles. The van der Waals surface area contributed by atoms with Crippen LogP contribution in [0.4, 0.5) is 0 Å². The van der Waals surface area contributed by atoms with E-state index in [1.807, 2.05) is 0 Å². The molecule has 0 aliphatic heterocycles. The molecule has 0 aromatic heterocycles. The SMILES string of the molecule is C[C-]=O.O=C(O)c1[c-]cccc1.[U+2]. The zero-order valence-electron chi connectivity index (χ0n) is 7.07. The summed E-state index contributed by atoms with van der Waals surface area (Å²) in [6.45, 7) is 1.32. The molecule has 0 aliphatic rings. The Kier molecular flexibility index (Phi) is 10.9. The second-order valence-electron chi connectivity index (χ2n) is 1.79. The molecule has 1 aromatic carbocycles. The summed E-state index contributed by atoms with van der Waals surface area (Å²) in [6, 6.07) is 9.04. The number of hydrogen-bond donors (Lipinski definition) is 1. The van der Waals surface area contributed by atoms with Crippen molar-refractivity contribution >= 4 is 12.3 Å². The Bertz CT molecular complexity index is 246. The van der Waals surface area contributed by atoms with Crippen LogP contribution in [-0.4, -0.2) is 17.4 Å². The van der Waals surface area contributed by atoms with Crippen LogP contribution in [0.3, 0.4) is 0 Å². The van der Waals surface area contributed by atoms with Gasteiger partial charge in [-0.15, -0.1) is 30.3 Å². The van der Waals surface area contributed by atoms with Crippen LogP contribution < -0.4 is 0 Å². The van der Waals surface area contributed by atoms with Gasteiger partial charge >= 0.3 is 31.1 Å². The van der Waals surface area contributed by atoms with Gasteiger partial charge in [0.05, 0.1) is 0 Å². The summed E-state index contributed by atoms with van der Waals surface area (Å²) in [7, 11) is 0. The molecule has 0 unspecified atom stereocenters. The molecular formula is C9H8O3U. The molecule has 0 fully saturated rings. The Morgan fingerprint density at radius 3 is 2.31 bits per heavy atom. The van der Waals surface area contributed by atoms with Crippen LogP contribution in [0.2, 0.25) is 0 Å². The minimum absolute atomic E-state index is 0. The molecule has 0 aliphatic carbocycles. The molecular weight excluding hydrogens is 394 g/mol. The van der Waals surface area contributed by atoms with Crippen molar-refractivity contribution in [2.75, 3.05) is 0 Å². The van der Waals surface area contributed by atoms with Crippen molar-refractivity contribution in [1.29, 1.82) is 0 Å². The zero-order chi connectivity index (χ0) is 9.40. The first-order valence-corrected chi connectivity index (χ1v) is 3.21. The number of carbonyl (C=O) groups is 1. The Hall–Kier alpha value is -0.588. The quantitative estimate of drug-likeness (QED) is 0.721. The number of carboxylic acid groups (broad SMARTS) is 1. The molecule has 1 rings (SSSR count). The van der Waals surface area contributed by atoms with E-state index >= 15 is 0 Å². The standard InChI is InChI=1S/C7H5O2.C2H3O.U/c8-7(9)6-4-2-1-3-5-6;1-2-3;/h1-4H,(H,8,9);1H3;/q2*-1;+2. The van der Waals surface area contributed by atoms with Crippen molar-refractivity contribution in [2.45, 2.75) is 6.92 Å². The predicted octanol–water partition coefficient (Wildman–Crippen LogP) is 1.30. The third kappa shape index (κ3) is 7.76. The molecule has 13 heavy (non-hydrogen) atoms. The van der Waals surface area contributed by atoms with Gasteiger partial charge in [0.1, 0.15) is 0 Å². The molecule has 0 saturated carbocycles. The van der Waals surface area contributed by atoms with Gasteiger partial charge in [0.25, 0.3) is 0 Å². The van der Waals surface area contributed by atoms with E-state index in [1.165, 1.54) is 19.3 Å². The maximum Gasteiger partial charge on any atom is 2.00 e. The van der Waals surface area contributed by atoms with E-state index < -0.39 is 5.97 Å². The largest absolute Gasteiger partial charge is 2.00 e. The van der Waals surface area contributed by atoms with Crippen molar-refractivity contribution in [3.8, 4) is 0 Å². The van der Waals surface area contributed by atoms with Crippen LogP contribution in [0.5, 0.6) is 0 Å². The van der Waals surface area contributed by atoms with Crippen LogP contribution in [-0.2, 0) is 4.79 Å². The fourth-order valence-corrected chi connectivity index (χ4v) is 0.526. The average molecular weight is 402 g/mol. The summed E-state index contributed by atoms with van der Waals surface area (Å²) >= 11 is 0. The summed E-state index contributed by atoms with van der Waals surface area (Å²) < 4.78 is 0. The molecule has 0 atom stereocenters. The normalized spacial score (nSPS) is 7.15. The van der Waals surface area contributed by atoms with Gasteiger partial charge in [-0.1, -0.05) is 5.56 Å². The van der Waals surface area contributed by atoms with E-state index in [-0.39, 0.29) is 36.7 Å². The predicted molar refractivity (Wildman–Crippen MR) is 43.6 cm³/mol. The van der Waals surface area contributed by atoms with Gasteiger partial charge in [-0.3, -0.25) is 6.29 Å². The van der Waals surface area contributed by atoms with Crippen LogP contribution in [0.25, 0.3) is 0 Å². The molecule has 1 N–H and O–H groups in total. The van der Waals surface area contributed by atoms with E-state index in [1.54, 1.807) is 18.2 Å². The van der Waals surface area contributed by atoms with E-state index in [0.717, 1.165) is 0 Å². The van der Waals surface area contributed by atoms with Gasteiger partial charge in [-0.05, 0) is 0 Å². The number of benzene rings is 1. The van der Waals surface area contributed by atoms with Crippen molar-refractivity contribution < 1.29 is 45.8 Å². The summed E-state index contributed by atoms with van der Waals surface area (Å²) in [6.07, 6.45) is 1.50. The molecule has 0 radical (unpaired) electrons. The van der Waals surface area contributed by atoms with Crippen molar-refractivity contribution in [1.82, 2.24) is 0 Å². The van der Waals surface area contributed by atoms with Crippen molar-refractivity contribution in [3.63, 3.8) is 0 Å². The summed E-state index contributed by atoms with van der Waals surface area (Å²) in [5.74, 6) is -0.935. The molecule has 1 aromatic rings. The summed E-state index contributed by atoms with van der Waals surface area (Å²) in [4.78, 5) is 18.9. The van der Waals surface area contributed by atoms with Gasteiger partial charge in [0.2, 0.25) is 5.97 Å².